The average molecular weight is 236 g/mol. The number of hydrogen-bond donors (Lipinski definition) is 2. The van der Waals surface area contributed by atoms with Gasteiger partial charge >= 0.3 is 0 Å². The molecule has 0 radical (unpaired) electrons. The summed E-state index contributed by atoms with van der Waals surface area (Å²) in [5.41, 5.74) is 7.26. The SMILES string of the molecule is CCC(C)C(=O)NCc1cc(N)ccc1OC. The normalized spacial score (nSPS) is 11.9. The molecule has 0 aromatic heterocycles. The Morgan fingerprint density at radius 1 is 1.53 bits per heavy atom. The summed E-state index contributed by atoms with van der Waals surface area (Å²) < 4.78 is 5.21. The van der Waals surface area contributed by atoms with Crippen LogP contribution < -0.4 is 15.8 Å². The van der Waals surface area contributed by atoms with Crippen molar-refractivity contribution in [3.63, 3.8) is 0 Å². The highest BCUT2D eigenvalue weighted by Gasteiger charge is 2.11. The van der Waals surface area contributed by atoms with Crippen molar-refractivity contribution in [3.05, 3.63) is 23.8 Å². The van der Waals surface area contributed by atoms with E-state index in [1.807, 2.05) is 19.9 Å². The van der Waals surface area contributed by atoms with Gasteiger partial charge in [-0.1, -0.05) is 13.8 Å². The van der Waals surface area contributed by atoms with Gasteiger partial charge in [0.1, 0.15) is 5.75 Å². The van der Waals surface area contributed by atoms with Gasteiger partial charge in [-0.15, -0.1) is 0 Å². The first-order valence-electron chi connectivity index (χ1n) is 5.78. The van der Waals surface area contributed by atoms with Crippen LogP contribution in [0, 0.1) is 5.92 Å². The van der Waals surface area contributed by atoms with E-state index in [1.54, 1.807) is 19.2 Å². The van der Waals surface area contributed by atoms with E-state index in [9.17, 15) is 4.79 Å². The zero-order valence-corrected chi connectivity index (χ0v) is 10.6. The Hall–Kier alpha value is -1.71. The second-order valence-corrected chi connectivity index (χ2v) is 4.10. The molecule has 1 aromatic carbocycles. The molecule has 0 heterocycles. The van der Waals surface area contributed by atoms with Gasteiger partial charge in [0.05, 0.1) is 7.11 Å². The first-order valence-corrected chi connectivity index (χ1v) is 5.78. The van der Waals surface area contributed by atoms with Gasteiger partial charge in [0.2, 0.25) is 5.91 Å². The highest BCUT2D eigenvalue weighted by molar-refractivity contribution is 5.78. The second-order valence-electron chi connectivity index (χ2n) is 4.10. The van der Waals surface area contributed by atoms with Crippen molar-refractivity contribution < 1.29 is 9.53 Å². The predicted molar refractivity (Wildman–Crippen MR) is 68.7 cm³/mol. The van der Waals surface area contributed by atoms with Crippen LogP contribution in [0.4, 0.5) is 5.69 Å². The van der Waals surface area contributed by atoms with Gasteiger partial charge in [-0.05, 0) is 24.6 Å². The molecule has 3 N–H and O–H groups in total. The topological polar surface area (TPSA) is 64.4 Å². The van der Waals surface area contributed by atoms with E-state index < -0.39 is 0 Å². The molecule has 1 aromatic rings. The van der Waals surface area contributed by atoms with Crippen molar-refractivity contribution in [2.45, 2.75) is 26.8 Å². The fourth-order valence-electron chi connectivity index (χ4n) is 1.48. The monoisotopic (exact) mass is 236 g/mol. The molecule has 4 heteroatoms. The number of nitrogens with two attached hydrogens (primary N) is 1. The lowest BCUT2D eigenvalue weighted by atomic mass is 10.1. The van der Waals surface area contributed by atoms with E-state index in [4.69, 9.17) is 10.5 Å². The summed E-state index contributed by atoms with van der Waals surface area (Å²) in [6.45, 7) is 4.34. The van der Waals surface area contributed by atoms with E-state index in [0.717, 1.165) is 17.7 Å². The number of methoxy groups -OCH3 is 1. The minimum atomic E-state index is 0.0297. The zero-order valence-electron chi connectivity index (χ0n) is 10.6. The fourth-order valence-corrected chi connectivity index (χ4v) is 1.48. The maximum absolute atomic E-state index is 11.6. The molecule has 0 saturated heterocycles. The number of carbonyl (C=O) groups is 1. The lowest BCUT2D eigenvalue weighted by Gasteiger charge is -2.12. The van der Waals surface area contributed by atoms with Crippen LogP contribution in [0.25, 0.3) is 0 Å². The Morgan fingerprint density at radius 3 is 2.82 bits per heavy atom. The summed E-state index contributed by atoms with van der Waals surface area (Å²) in [5.74, 6) is 0.822. The Bertz CT molecular complexity index is 391. The molecule has 0 aliphatic heterocycles. The highest BCUT2D eigenvalue weighted by Crippen LogP contribution is 2.20. The van der Waals surface area contributed by atoms with Crippen molar-refractivity contribution in [1.82, 2.24) is 5.32 Å². The summed E-state index contributed by atoms with van der Waals surface area (Å²) in [7, 11) is 1.60. The van der Waals surface area contributed by atoms with Crippen LogP contribution in [0.2, 0.25) is 0 Å². The van der Waals surface area contributed by atoms with E-state index in [-0.39, 0.29) is 11.8 Å². The van der Waals surface area contributed by atoms with Crippen LogP contribution in [0.1, 0.15) is 25.8 Å². The minimum absolute atomic E-state index is 0.0297. The maximum atomic E-state index is 11.6. The van der Waals surface area contributed by atoms with Crippen molar-refractivity contribution in [2.75, 3.05) is 12.8 Å². The van der Waals surface area contributed by atoms with E-state index in [0.29, 0.717) is 12.2 Å². The number of rotatable bonds is 5. The molecule has 94 valence electrons. The van der Waals surface area contributed by atoms with Gasteiger partial charge in [-0.3, -0.25) is 4.79 Å². The van der Waals surface area contributed by atoms with Crippen molar-refractivity contribution >= 4 is 11.6 Å². The summed E-state index contributed by atoms with van der Waals surface area (Å²) in [6, 6.07) is 5.40. The van der Waals surface area contributed by atoms with Crippen molar-refractivity contribution in [1.29, 1.82) is 0 Å². The number of ether oxygens (including phenoxy) is 1. The summed E-state index contributed by atoms with van der Waals surface area (Å²) in [5, 5.41) is 2.88. The molecule has 0 bridgehead atoms. The molecule has 0 fully saturated rings. The fraction of sp³-hybridized carbons (Fsp3) is 0.462. The maximum Gasteiger partial charge on any atom is 0.223 e. The molecule has 1 amide bonds. The Morgan fingerprint density at radius 2 is 2.24 bits per heavy atom. The number of amides is 1. The number of nitrogens with one attached hydrogen (secondary N) is 1. The zero-order chi connectivity index (χ0) is 12.8. The van der Waals surface area contributed by atoms with Crippen LogP contribution >= 0.6 is 0 Å². The first-order chi connectivity index (χ1) is 8.08. The highest BCUT2D eigenvalue weighted by atomic mass is 16.5. The second kappa shape index (κ2) is 6.13. The molecular formula is C13H20N2O2. The average Bonchev–Trinajstić information content (AvgIpc) is 2.35. The molecule has 0 spiro atoms. The lowest BCUT2D eigenvalue weighted by Crippen LogP contribution is -2.28. The standard InChI is InChI=1S/C13H20N2O2/c1-4-9(2)13(16)15-8-10-7-11(14)5-6-12(10)17-3/h5-7,9H,4,8,14H2,1-3H3,(H,15,16). The minimum Gasteiger partial charge on any atom is -0.496 e. The molecule has 0 saturated carbocycles. The lowest BCUT2D eigenvalue weighted by molar-refractivity contribution is -0.124. The number of anilines is 1. The molecule has 0 aliphatic carbocycles. The van der Waals surface area contributed by atoms with E-state index in [2.05, 4.69) is 5.32 Å². The van der Waals surface area contributed by atoms with Crippen LogP contribution in [0.3, 0.4) is 0 Å². The van der Waals surface area contributed by atoms with Gasteiger partial charge in [0.15, 0.2) is 0 Å². The summed E-state index contributed by atoms with van der Waals surface area (Å²) >= 11 is 0. The van der Waals surface area contributed by atoms with Gasteiger partial charge in [-0.25, -0.2) is 0 Å². The molecule has 1 atom stereocenters. The Kier molecular flexibility index (Phi) is 4.82. The molecule has 4 nitrogen and oxygen atoms in total. The smallest absolute Gasteiger partial charge is 0.223 e. The Labute approximate surface area is 102 Å². The first kappa shape index (κ1) is 13.4. The quantitative estimate of drug-likeness (QED) is 0.768. The summed E-state index contributed by atoms with van der Waals surface area (Å²) in [6.07, 6.45) is 0.833. The van der Waals surface area contributed by atoms with Crippen LogP contribution in [-0.2, 0) is 11.3 Å². The molecule has 1 rings (SSSR count). The largest absolute Gasteiger partial charge is 0.496 e. The van der Waals surface area contributed by atoms with E-state index in [1.165, 1.54) is 0 Å². The van der Waals surface area contributed by atoms with Crippen LogP contribution in [0.5, 0.6) is 5.75 Å². The van der Waals surface area contributed by atoms with Gasteiger partial charge in [0.25, 0.3) is 0 Å². The number of hydrogen-bond acceptors (Lipinski definition) is 3. The van der Waals surface area contributed by atoms with Gasteiger partial charge in [0, 0.05) is 23.7 Å². The number of carbonyl (C=O) groups excluding carboxylic acids is 1. The molecular weight excluding hydrogens is 216 g/mol. The van der Waals surface area contributed by atoms with Crippen LogP contribution in [-0.4, -0.2) is 13.0 Å². The summed E-state index contributed by atoms with van der Waals surface area (Å²) in [4.78, 5) is 11.6. The van der Waals surface area contributed by atoms with Crippen molar-refractivity contribution in [2.24, 2.45) is 5.92 Å². The van der Waals surface area contributed by atoms with E-state index >= 15 is 0 Å². The predicted octanol–water partition coefficient (Wildman–Crippen LogP) is 1.94. The number of nitrogen functional groups attached to an aromatic ring is 1. The third-order valence-corrected chi connectivity index (χ3v) is 2.82. The third kappa shape index (κ3) is 3.66. The third-order valence-electron chi connectivity index (χ3n) is 2.82. The molecule has 0 aliphatic rings. The number of benzene rings is 1. The van der Waals surface area contributed by atoms with Gasteiger partial charge in [-0.2, -0.15) is 0 Å². The Balaban J connectivity index is 2.68. The van der Waals surface area contributed by atoms with Crippen LogP contribution in [0.15, 0.2) is 18.2 Å². The van der Waals surface area contributed by atoms with Crippen molar-refractivity contribution in [3.8, 4) is 5.75 Å². The molecule has 1 unspecified atom stereocenters. The van der Waals surface area contributed by atoms with Gasteiger partial charge < -0.3 is 15.8 Å². The molecule has 17 heavy (non-hydrogen) atoms.